The van der Waals surface area contributed by atoms with E-state index in [4.69, 9.17) is 0 Å². The normalized spacial score (nSPS) is 20.3. The second-order valence-corrected chi connectivity index (χ2v) is 8.43. The maximum atomic E-state index is 13.0. The van der Waals surface area contributed by atoms with Gasteiger partial charge in [0.15, 0.2) is 0 Å². The third kappa shape index (κ3) is 5.06. The molecule has 4 rings (SSSR count). The Hall–Kier alpha value is -2.62. The smallest absolute Gasteiger partial charge is 0.227 e. The molecule has 0 spiro atoms. The molecule has 2 saturated heterocycles. The van der Waals surface area contributed by atoms with Crippen LogP contribution in [0.15, 0.2) is 60.7 Å². The summed E-state index contributed by atoms with van der Waals surface area (Å²) >= 11 is 0. The molecule has 1 atom stereocenters. The minimum atomic E-state index is -0.163. The van der Waals surface area contributed by atoms with Crippen molar-refractivity contribution in [2.75, 3.05) is 26.2 Å². The fraction of sp³-hybridized carbons (Fsp3) is 0.440. The Labute approximate surface area is 173 Å². The second kappa shape index (κ2) is 9.25. The summed E-state index contributed by atoms with van der Waals surface area (Å²) in [5.74, 6) is 0.787. The van der Waals surface area contributed by atoms with Gasteiger partial charge in [-0.15, -0.1) is 0 Å². The first-order valence-electron chi connectivity index (χ1n) is 10.8. The van der Waals surface area contributed by atoms with E-state index in [0.29, 0.717) is 25.4 Å². The van der Waals surface area contributed by atoms with Gasteiger partial charge >= 0.3 is 0 Å². The lowest BCUT2D eigenvalue weighted by Crippen LogP contribution is -2.42. The van der Waals surface area contributed by atoms with Crippen molar-refractivity contribution in [3.05, 3.63) is 71.8 Å². The van der Waals surface area contributed by atoms with Crippen LogP contribution in [0.5, 0.6) is 0 Å². The van der Waals surface area contributed by atoms with E-state index in [2.05, 4.69) is 42.5 Å². The van der Waals surface area contributed by atoms with E-state index < -0.39 is 0 Å². The SMILES string of the molecule is O=C1CC(C(=O)N2CCC(Cc3ccccc3)CC2)CN1CCc1ccccc1. The van der Waals surface area contributed by atoms with Gasteiger partial charge in [0.1, 0.15) is 0 Å². The first-order chi connectivity index (χ1) is 14.2. The van der Waals surface area contributed by atoms with E-state index in [1.54, 1.807) is 0 Å². The molecule has 29 heavy (non-hydrogen) atoms. The maximum absolute atomic E-state index is 13.0. The third-order valence-electron chi connectivity index (χ3n) is 6.37. The highest BCUT2D eigenvalue weighted by Crippen LogP contribution is 2.26. The van der Waals surface area contributed by atoms with Gasteiger partial charge in [0.25, 0.3) is 0 Å². The second-order valence-electron chi connectivity index (χ2n) is 8.43. The monoisotopic (exact) mass is 390 g/mol. The lowest BCUT2D eigenvalue weighted by Gasteiger charge is -2.33. The number of carbonyl (C=O) groups is 2. The average Bonchev–Trinajstić information content (AvgIpc) is 3.14. The van der Waals surface area contributed by atoms with E-state index in [1.807, 2.05) is 28.0 Å². The van der Waals surface area contributed by atoms with Crippen molar-refractivity contribution < 1.29 is 9.59 Å². The van der Waals surface area contributed by atoms with Gasteiger partial charge < -0.3 is 9.80 Å². The van der Waals surface area contributed by atoms with Crippen molar-refractivity contribution >= 4 is 11.8 Å². The highest BCUT2D eigenvalue weighted by atomic mass is 16.2. The van der Waals surface area contributed by atoms with Crippen LogP contribution < -0.4 is 0 Å². The number of rotatable bonds is 6. The number of hydrogen-bond acceptors (Lipinski definition) is 2. The number of amides is 2. The predicted octanol–water partition coefficient (Wildman–Crippen LogP) is 3.56. The lowest BCUT2D eigenvalue weighted by atomic mass is 9.89. The molecule has 2 aliphatic rings. The predicted molar refractivity (Wildman–Crippen MR) is 114 cm³/mol. The first-order valence-corrected chi connectivity index (χ1v) is 10.8. The molecule has 2 aromatic rings. The standard InChI is InChI=1S/C25H30N2O2/c28-24-18-23(19-27(24)16-11-20-7-3-1-4-8-20)25(29)26-14-12-22(13-15-26)17-21-9-5-2-6-10-21/h1-10,22-23H,11-19H2. The third-order valence-corrected chi connectivity index (χ3v) is 6.37. The summed E-state index contributed by atoms with van der Waals surface area (Å²) in [6.07, 6.45) is 4.42. The van der Waals surface area contributed by atoms with Crippen LogP contribution in [0.3, 0.4) is 0 Å². The summed E-state index contributed by atoms with van der Waals surface area (Å²) in [5.41, 5.74) is 2.61. The molecule has 2 fully saturated rings. The van der Waals surface area contributed by atoms with Crippen LogP contribution in [-0.2, 0) is 22.4 Å². The zero-order chi connectivity index (χ0) is 20.1. The molecule has 0 radical (unpaired) electrons. The highest BCUT2D eigenvalue weighted by Gasteiger charge is 2.37. The van der Waals surface area contributed by atoms with Gasteiger partial charge in [0, 0.05) is 32.6 Å². The van der Waals surface area contributed by atoms with Crippen LogP contribution in [0.2, 0.25) is 0 Å². The molecular formula is C25H30N2O2. The quantitative estimate of drug-likeness (QED) is 0.757. The lowest BCUT2D eigenvalue weighted by molar-refractivity contribution is -0.137. The van der Waals surface area contributed by atoms with Crippen LogP contribution in [0.4, 0.5) is 0 Å². The molecule has 2 aliphatic heterocycles. The molecule has 2 amide bonds. The minimum Gasteiger partial charge on any atom is -0.342 e. The highest BCUT2D eigenvalue weighted by molar-refractivity contribution is 5.89. The molecule has 4 heteroatoms. The zero-order valence-electron chi connectivity index (χ0n) is 17.0. The number of likely N-dealkylation sites (tertiary alicyclic amines) is 2. The van der Waals surface area contributed by atoms with Crippen molar-refractivity contribution in [2.24, 2.45) is 11.8 Å². The molecule has 152 valence electrons. The zero-order valence-corrected chi connectivity index (χ0v) is 17.0. The summed E-state index contributed by atoms with van der Waals surface area (Å²) in [7, 11) is 0. The summed E-state index contributed by atoms with van der Waals surface area (Å²) in [5, 5.41) is 0. The Morgan fingerprint density at radius 2 is 1.52 bits per heavy atom. The van der Waals surface area contributed by atoms with Gasteiger partial charge in [-0.1, -0.05) is 60.7 Å². The number of nitrogens with zero attached hydrogens (tertiary/aromatic N) is 2. The molecule has 0 saturated carbocycles. The van der Waals surface area contributed by atoms with Gasteiger partial charge in [-0.25, -0.2) is 0 Å². The van der Waals surface area contributed by atoms with Gasteiger partial charge in [-0.2, -0.15) is 0 Å². The Morgan fingerprint density at radius 3 is 2.17 bits per heavy atom. The summed E-state index contributed by atoms with van der Waals surface area (Å²) in [6.45, 7) is 2.93. The van der Waals surface area contributed by atoms with E-state index in [-0.39, 0.29) is 17.7 Å². The van der Waals surface area contributed by atoms with Crippen molar-refractivity contribution in [1.82, 2.24) is 9.80 Å². The molecule has 0 aromatic heterocycles. The molecule has 0 N–H and O–H groups in total. The maximum Gasteiger partial charge on any atom is 0.227 e. The van der Waals surface area contributed by atoms with Crippen LogP contribution in [0, 0.1) is 11.8 Å². The van der Waals surface area contributed by atoms with Gasteiger partial charge in [0.2, 0.25) is 11.8 Å². The molecule has 2 heterocycles. The Kier molecular flexibility index (Phi) is 6.28. The van der Waals surface area contributed by atoms with Crippen LogP contribution in [0.1, 0.15) is 30.4 Å². The molecule has 1 unspecified atom stereocenters. The van der Waals surface area contributed by atoms with Crippen molar-refractivity contribution in [3.8, 4) is 0 Å². The number of benzene rings is 2. The van der Waals surface area contributed by atoms with Crippen LogP contribution >= 0.6 is 0 Å². The average molecular weight is 391 g/mol. The van der Waals surface area contributed by atoms with Gasteiger partial charge in [-0.05, 0) is 42.7 Å². The summed E-state index contributed by atoms with van der Waals surface area (Å²) in [6, 6.07) is 20.8. The molecule has 4 nitrogen and oxygen atoms in total. The van der Waals surface area contributed by atoms with E-state index in [9.17, 15) is 9.59 Å². The summed E-state index contributed by atoms with van der Waals surface area (Å²) < 4.78 is 0. The van der Waals surface area contributed by atoms with Crippen LogP contribution in [-0.4, -0.2) is 47.8 Å². The van der Waals surface area contributed by atoms with Crippen molar-refractivity contribution in [1.29, 1.82) is 0 Å². The number of carbonyl (C=O) groups excluding carboxylic acids is 2. The van der Waals surface area contributed by atoms with Crippen molar-refractivity contribution in [3.63, 3.8) is 0 Å². The summed E-state index contributed by atoms with van der Waals surface area (Å²) in [4.78, 5) is 29.3. The topological polar surface area (TPSA) is 40.6 Å². The van der Waals surface area contributed by atoms with E-state index in [0.717, 1.165) is 38.8 Å². The molecular weight excluding hydrogens is 360 g/mol. The van der Waals surface area contributed by atoms with Crippen LogP contribution in [0.25, 0.3) is 0 Å². The fourth-order valence-electron chi connectivity index (χ4n) is 4.63. The van der Waals surface area contributed by atoms with Crippen molar-refractivity contribution in [2.45, 2.75) is 32.1 Å². The van der Waals surface area contributed by atoms with Gasteiger partial charge in [0.05, 0.1) is 5.92 Å². The number of piperidine rings is 1. The van der Waals surface area contributed by atoms with E-state index >= 15 is 0 Å². The number of hydrogen-bond donors (Lipinski definition) is 0. The first kappa shape index (κ1) is 19.7. The Balaban J connectivity index is 1.24. The Bertz CT molecular complexity index is 813. The Morgan fingerprint density at radius 1 is 0.897 bits per heavy atom. The molecule has 0 bridgehead atoms. The molecule has 0 aliphatic carbocycles. The largest absolute Gasteiger partial charge is 0.342 e. The van der Waals surface area contributed by atoms with Gasteiger partial charge in [-0.3, -0.25) is 9.59 Å². The fourth-order valence-corrected chi connectivity index (χ4v) is 4.63. The molecule has 2 aromatic carbocycles. The minimum absolute atomic E-state index is 0.123. The van der Waals surface area contributed by atoms with E-state index in [1.165, 1.54) is 11.1 Å².